The Balaban J connectivity index is 1.28. The number of hydrogen-bond donors (Lipinski definition) is 2. The van der Waals surface area contributed by atoms with Gasteiger partial charge in [-0.2, -0.15) is 0 Å². The first-order valence-corrected chi connectivity index (χ1v) is 13.5. The molecular formula is C36H32O5. The Kier molecular flexibility index (Phi) is 9.20. The summed E-state index contributed by atoms with van der Waals surface area (Å²) in [6, 6.07) is 38.3. The quantitative estimate of drug-likeness (QED) is 0.166. The third kappa shape index (κ3) is 7.93. The van der Waals surface area contributed by atoms with Gasteiger partial charge in [0.25, 0.3) is 0 Å². The summed E-state index contributed by atoms with van der Waals surface area (Å²) >= 11 is 0. The van der Waals surface area contributed by atoms with E-state index in [0.717, 1.165) is 22.3 Å². The lowest BCUT2D eigenvalue weighted by molar-refractivity contribution is 0.284. The maximum atomic E-state index is 10.9. The first-order valence-electron chi connectivity index (χ1n) is 13.5. The van der Waals surface area contributed by atoms with E-state index in [4.69, 9.17) is 14.2 Å². The van der Waals surface area contributed by atoms with Crippen LogP contribution in [0.25, 0.3) is 6.08 Å². The summed E-state index contributed by atoms with van der Waals surface area (Å²) in [4.78, 5) is 0. The molecule has 206 valence electrons. The molecule has 5 rings (SSSR count). The van der Waals surface area contributed by atoms with E-state index in [1.165, 1.54) is 0 Å². The van der Waals surface area contributed by atoms with E-state index < -0.39 is 0 Å². The molecule has 0 aromatic heterocycles. The third-order valence-corrected chi connectivity index (χ3v) is 6.50. The van der Waals surface area contributed by atoms with Crippen LogP contribution in [0.2, 0.25) is 0 Å². The Hall–Kier alpha value is -5.16. The largest absolute Gasteiger partial charge is 0.507 e. The van der Waals surface area contributed by atoms with Gasteiger partial charge >= 0.3 is 0 Å². The van der Waals surface area contributed by atoms with Crippen LogP contribution in [-0.4, -0.2) is 10.2 Å². The average Bonchev–Trinajstić information content (AvgIpc) is 3.01. The van der Waals surface area contributed by atoms with Crippen molar-refractivity contribution in [1.82, 2.24) is 0 Å². The molecule has 41 heavy (non-hydrogen) atoms. The molecule has 5 aromatic rings. The second-order valence-electron chi connectivity index (χ2n) is 9.58. The summed E-state index contributed by atoms with van der Waals surface area (Å²) in [5.74, 6) is 1.66. The molecule has 0 radical (unpaired) electrons. The SMILES string of the molecule is Oc1cc(C=CCc2c(O)cc(OCc3ccccc3)cc2OCc2ccccc2)ccc1OCc1ccccc1. The van der Waals surface area contributed by atoms with Crippen LogP contribution in [0.15, 0.2) is 127 Å². The van der Waals surface area contributed by atoms with Crippen molar-refractivity contribution in [1.29, 1.82) is 0 Å². The molecule has 0 spiro atoms. The van der Waals surface area contributed by atoms with Crippen molar-refractivity contribution in [3.8, 4) is 28.7 Å². The Morgan fingerprint density at radius 1 is 0.512 bits per heavy atom. The monoisotopic (exact) mass is 544 g/mol. The minimum absolute atomic E-state index is 0.0673. The number of rotatable bonds is 12. The molecule has 0 bridgehead atoms. The fourth-order valence-corrected chi connectivity index (χ4v) is 4.31. The minimum atomic E-state index is 0.0673. The zero-order valence-corrected chi connectivity index (χ0v) is 22.6. The van der Waals surface area contributed by atoms with Crippen LogP contribution in [0.4, 0.5) is 0 Å². The van der Waals surface area contributed by atoms with Gasteiger partial charge in [-0.25, -0.2) is 0 Å². The molecule has 0 heterocycles. The van der Waals surface area contributed by atoms with Crippen LogP contribution in [0.3, 0.4) is 0 Å². The Morgan fingerprint density at radius 3 is 1.61 bits per heavy atom. The molecular weight excluding hydrogens is 512 g/mol. The molecule has 0 unspecified atom stereocenters. The number of hydrogen-bond acceptors (Lipinski definition) is 5. The second-order valence-corrected chi connectivity index (χ2v) is 9.58. The molecule has 0 saturated carbocycles. The van der Waals surface area contributed by atoms with Gasteiger partial charge in [0.2, 0.25) is 0 Å². The molecule has 5 heteroatoms. The van der Waals surface area contributed by atoms with Crippen LogP contribution in [0.1, 0.15) is 27.8 Å². The van der Waals surface area contributed by atoms with E-state index in [-0.39, 0.29) is 11.5 Å². The first-order chi connectivity index (χ1) is 20.1. The zero-order chi connectivity index (χ0) is 28.3. The standard InChI is InChI=1S/C36H32O5/c37-33-22-31(39-24-28-11-4-1-5-12-28)23-36(41-26-30-15-8-3-9-16-30)32(33)18-10-17-27-19-20-35(34(38)21-27)40-25-29-13-6-2-7-14-29/h1-17,19-23,37-38H,18,24-26H2. The third-order valence-electron chi connectivity index (χ3n) is 6.50. The Labute approximate surface area is 240 Å². The van der Waals surface area contributed by atoms with Gasteiger partial charge < -0.3 is 24.4 Å². The molecule has 0 amide bonds. The maximum absolute atomic E-state index is 10.9. The smallest absolute Gasteiger partial charge is 0.161 e. The Bertz CT molecular complexity index is 1560. The number of ether oxygens (including phenoxy) is 3. The van der Waals surface area contributed by atoms with Gasteiger partial charge in [-0.05, 0) is 40.8 Å². The first kappa shape index (κ1) is 27.4. The fraction of sp³-hybridized carbons (Fsp3) is 0.111. The highest BCUT2D eigenvalue weighted by atomic mass is 16.5. The summed E-state index contributed by atoms with van der Waals surface area (Å²) in [7, 11) is 0. The van der Waals surface area contributed by atoms with E-state index >= 15 is 0 Å². The predicted molar refractivity (Wildman–Crippen MR) is 161 cm³/mol. The molecule has 0 fully saturated rings. The van der Waals surface area contributed by atoms with Crippen molar-refractivity contribution in [2.24, 2.45) is 0 Å². The lowest BCUT2D eigenvalue weighted by atomic mass is 10.1. The molecule has 0 aliphatic heterocycles. The van der Waals surface area contributed by atoms with Gasteiger partial charge in [-0.15, -0.1) is 0 Å². The van der Waals surface area contributed by atoms with Crippen LogP contribution >= 0.6 is 0 Å². The highest BCUT2D eigenvalue weighted by Crippen LogP contribution is 2.35. The van der Waals surface area contributed by atoms with Crippen molar-refractivity contribution in [2.45, 2.75) is 26.2 Å². The molecule has 5 aromatic carbocycles. The average molecular weight is 545 g/mol. The van der Waals surface area contributed by atoms with Crippen LogP contribution in [-0.2, 0) is 26.2 Å². The summed E-state index contributed by atoms with van der Waals surface area (Å²) in [5, 5.41) is 21.4. The molecule has 5 nitrogen and oxygen atoms in total. The second kappa shape index (κ2) is 13.8. The number of aromatic hydroxyl groups is 2. The predicted octanol–water partition coefficient (Wildman–Crippen LogP) is 8.09. The van der Waals surface area contributed by atoms with Crippen LogP contribution in [0.5, 0.6) is 28.7 Å². The van der Waals surface area contributed by atoms with Crippen molar-refractivity contribution in [2.75, 3.05) is 0 Å². The topological polar surface area (TPSA) is 68.2 Å². The molecule has 0 aliphatic rings. The summed E-state index contributed by atoms with van der Waals surface area (Å²) < 4.78 is 17.9. The van der Waals surface area contributed by atoms with E-state index in [9.17, 15) is 10.2 Å². The number of phenolic OH excluding ortho intramolecular Hbond substituents is 2. The van der Waals surface area contributed by atoms with Gasteiger partial charge in [0.05, 0.1) is 0 Å². The van der Waals surface area contributed by atoms with Crippen LogP contribution in [0, 0.1) is 0 Å². The van der Waals surface area contributed by atoms with E-state index in [1.807, 2.05) is 115 Å². The maximum Gasteiger partial charge on any atom is 0.161 e. The fourth-order valence-electron chi connectivity index (χ4n) is 4.31. The highest BCUT2D eigenvalue weighted by molar-refractivity contribution is 5.57. The number of allylic oxidation sites excluding steroid dienone is 1. The van der Waals surface area contributed by atoms with Crippen LogP contribution < -0.4 is 14.2 Å². The minimum Gasteiger partial charge on any atom is -0.507 e. The van der Waals surface area contributed by atoms with Crippen molar-refractivity contribution in [3.63, 3.8) is 0 Å². The van der Waals surface area contributed by atoms with E-state index in [2.05, 4.69) is 0 Å². The Morgan fingerprint density at radius 2 is 1.05 bits per heavy atom. The zero-order valence-electron chi connectivity index (χ0n) is 22.6. The molecule has 0 aliphatic carbocycles. The van der Waals surface area contributed by atoms with Gasteiger partial charge in [-0.1, -0.05) is 109 Å². The van der Waals surface area contributed by atoms with Gasteiger partial charge in [-0.3, -0.25) is 0 Å². The van der Waals surface area contributed by atoms with Crippen molar-refractivity contribution >= 4 is 6.08 Å². The lowest BCUT2D eigenvalue weighted by Gasteiger charge is -2.15. The van der Waals surface area contributed by atoms with Crippen molar-refractivity contribution < 1.29 is 24.4 Å². The molecule has 0 atom stereocenters. The van der Waals surface area contributed by atoms with Crippen molar-refractivity contribution in [3.05, 3.63) is 155 Å². The van der Waals surface area contributed by atoms with E-state index in [0.29, 0.717) is 49.1 Å². The normalized spacial score (nSPS) is 10.9. The van der Waals surface area contributed by atoms with E-state index in [1.54, 1.807) is 18.2 Å². The molecule has 2 N–H and O–H groups in total. The highest BCUT2D eigenvalue weighted by Gasteiger charge is 2.13. The summed E-state index contributed by atoms with van der Waals surface area (Å²) in [6.45, 7) is 1.11. The van der Waals surface area contributed by atoms with Gasteiger partial charge in [0.15, 0.2) is 11.5 Å². The number of benzene rings is 5. The summed E-state index contributed by atoms with van der Waals surface area (Å²) in [5.41, 5.74) is 4.54. The number of phenols is 2. The molecule has 0 saturated heterocycles. The van der Waals surface area contributed by atoms with Gasteiger partial charge in [0, 0.05) is 17.7 Å². The lowest BCUT2D eigenvalue weighted by Crippen LogP contribution is -2.01. The van der Waals surface area contributed by atoms with Gasteiger partial charge in [0.1, 0.15) is 37.1 Å². The summed E-state index contributed by atoms with van der Waals surface area (Å²) in [6.07, 6.45) is 4.23.